The number of nitriles is 1. The molecular formula is C16H8BrClN2OS. The smallest absolute Gasteiger partial charge is 0.141 e. The average Bonchev–Trinajstić information content (AvgIpc) is 2.93. The first-order valence-electron chi connectivity index (χ1n) is 6.24. The van der Waals surface area contributed by atoms with E-state index in [2.05, 4.69) is 27.0 Å². The quantitative estimate of drug-likeness (QED) is 0.588. The van der Waals surface area contributed by atoms with Gasteiger partial charge in [-0.2, -0.15) is 5.26 Å². The number of hydrogen-bond acceptors (Lipinski definition) is 4. The highest BCUT2D eigenvalue weighted by Gasteiger charge is 2.11. The number of hydrogen-bond donors (Lipinski definition) is 1. The van der Waals surface area contributed by atoms with Gasteiger partial charge in [0.15, 0.2) is 0 Å². The fourth-order valence-electron chi connectivity index (χ4n) is 1.98. The lowest BCUT2D eigenvalue weighted by atomic mass is 10.1. The fraction of sp³-hybridized carbons (Fsp3) is 0. The molecule has 1 heterocycles. The van der Waals surface area contributed by atoms with E-state index in [0.717, 1.165) is 14.7 Å². The van der Waals surface area contributed by atoms with E-state index < -0.39 is 0 Å². The molecule has 0 unspecified atom stereocenters. The molecule has 1 N–H and O–H groups in total. The zero-order chi connectivity index (χ0) is 15.7. The summed E-state index contributed by atoms with van der Waals surface area (Å²) in [5.41, 5.74) is 1.70. The number of nitrogens with zero attached hydrogens (tertiary/aromatic N) is 2. The second-order valence-electron chi connectivity index (χ2n) is 4.48. The van der Waals surface area contributed by atoms with Gasteiger partial charge in [0.1, 0.15) is 16.8 Å². The van der Waals surface area contributed by atoms with Gasteiger partial charge in [0, 0.05) is 10.0 Å². The van der Waals surface area contributed by atoms with Crippen LogP contribution >= 0.6 is 38.9 Å². The zero-order valence-corrected chi connectivity index (χ0v) is 14.2. The lowest BCUT2D eigenvalue weighted by Gasteiger charge is -2.03. The molecule has 3 aromatic rings. The first-order chi connectivity index (χ1) is 10.6. The number of halogens is 2. The van der Waals surface area contributed by atoms with Crippen LogP contribution in [0.15, 0.2) is 40.9 Å². The second-order valence-corrected chi connectivity index (χ2v) is 6.84. The van der Waals surface area contributed by atoms with Crippen LogP contribution in [-0.4, -0.2) is 10.1 Å². The van der Waals surface area contributed by atoms with Gasteiger partial charge >= 0.3 is 0 Å². The van der Waals surface area contributed by atoms with Crippen molar-refractivity contribution in [1.82, 2.24) is 4.98 Å². The first kappa shape index (κ1) is 15.0. The van der Waals surface area contributed by atoms with E-state index in [4.69, 9.17) is 11.6 Å². The predicted molar refractivity (Wildman–Crippen MR) is 93.9 cm³/mol. The Hall–Kier alpha value is -1.87. The Balaban J connectivity index is 2.13. The fourth-order valence-corrected chi connectivity index (χ4v) is 3.75. The number of para-hydroxylation sites is 1. The van der Waals surface area contributed by atoms with Crippen molar-refractivity contribution in [2.75, 3.05) is 0 Å². The molecular weight excluding hydrogens is 384 g/mol. The van der Waals surface area contributed by atoms with Crippen LogP contribution in [0.25, 0.3) is 21.9 Å². The number of aromatic nitrogens is 1. The molecule has 0 atom stereocenters. The third-order valence-corrected chi connectivity index (χ3v) is 4.82. The van der Waals surface area contributed by atoms with Crippen LogP contribution in [-0.2, 0) is 0 Å². The summed E-state index contributed by atoms with van der Waals surface area (Å²) in [6, 6.07) is 13.1. The predicted octanol–water partition coefficient (Wildman–Crippen LogP) is 5.48. The minimum Gasteiger partial charge on any atom is -0.506 e. The minimum absolute atomic E-state index is 0.0567. The summed E-state index contributed by atoms with van der Waals surface area (Å²) in [7, 11) is 0. The van der Waals surface area contributed by atoms with Gasteiger partial charge in [-0.25, -0.2) is 4.98 Å². The van der Waals surface area contributed by atoms with Crippen LogP contribution in [0.2, 0.25) is 5.02 Å². The van der Waals surface area contributed by atoms with Gasteiger partial charge in [-0.1, -0.05) is 39.7 Å². The van der Waals surface area contributed by atoms with Crippen LogP contribution in [0.5, 0.6) is 5.75 Å². The Morgan fingerprint density at radius 1 is 1.36 bits per heavy atom. The van der Waals surface area contributed by atoms with Gasteiger partial charge in [0.25, 0.3) is 0 Å². The summed E-state index contributed by atoms with van der Waals surface area (Å²) in [4.78, 5) is 4.46. The summed E-state index contributed by atoms with van der Waals surface area (Å²) in [6.45, 7) is 0. The summed E-state index contributed by atoms with van der Waals surface area (Å²) >= 11 is 10.7. The van der Waals surface area contributed by atoms with Gasteiger partial charge < -0.3 is 5.11 Å². The molecule has 6 heteroatoms. The number of phenols is 1. The summed E-state index contributed by atoms with van der Waals surface area (Å²) < 4.78 is 1.73. The third-order valence-electron chi connectivity index (χ3n) is 3.00. The van der Waals surface area contributed by atoms with E-state index >= 15 is 0 Å². The Labute approximate surface area is 144 Å². The highest BCUT2D eigenvalue weighted by molar-refractivity contribution is 9.10. The van der Waals surface area contributed by atoms with E-state index in [1.807, 2.05) is 24.3 Å². The van der Waals surface area contributed by atoms with E-state index in [-0.39, 0.29) is 10.8 Å². The molecule has 0 amide bonds. The number of phenolic OH excluding ortho intramolecular Hbond substituents is 1. The largest absolute Gasteiger partial charge is 0.506 e. The van der Waals surface area contributed by atoms with Crippen molar-refractivity contribution in [3.05, 3.63) is 56.5 Å². The Morgan fingerprint density at radius 3 is 2.86 bits per heavy atom. The van der Waals surface area contributed by atoms with E-state index in [0.29, 0.717) is 16.1 Å². The summed E-state index contributed by atoms with van der Waals surface area (Å²) in [5.74, 6) is -0.0567. The number of fused-ring (bicyclic) bond motifs is 1. The topological polar surface area (TPSA) is 56.9 Å². The number of aromatic hydroxyl groups is 1. The molecule has 0 fully saturated rings. The van der Waals surface area contributed by atoms with Crippen molar-refractivity contribution < 1.29 is 5.11 Å². The maximum atomic E-state index is 10.0. The Bertz CT molecular complexity index is 910. The zero-order valence-electron chi connectivity index (χ0n) is 11.0. The molecule has 108 valence electrons. The molecule has 22 heavy (non-hydrogen) atoms. The van der Waals surface area contributed by atoms with Crippen LogP contribution in [0.3, 0.4) is 0 Å². The van der Waals surface area contributed by atoms with Crippen molar-refractivity contribution >= 4 is 60.7 Å². The van der Waals surface area contributed by atoms with Crippen LogP contribution < -0.4 is 0 Å². The van der Waals surface area contributed by atoms with Crippen molar-refractivity contribution in [3.8, 4) is 11.8 Å². The van der Waals surface area contributed by atoms with Crippen molar-refractivity contribution in [1.29, 1.82) is 5.26 Å². The molecule has 0 aliphatic carbocycles. The standard InChI is InChI=1S/C16H8BrClN2OS/c17-11-6-9(15(21)12(18)7-11)5-10(8-19)16-20-13-3-1-2-4-14(13)22-16/h1-7,21H/b10-5+. The van der Waals surface area contributed by atoms with Crippen LogP contribution in [0.1, 0.15) is 10.6 Å². The van der Waals surface area contributed by atoms with Crippen molar-refractivity contribution in [2.45, 2.75) is 0 Å². The maximum Gasteiger partial charge on any atom is 0.141 e. The summed E-state index contributed by atoms with van der Waals surface area (Å²) in [6.07, 6.45) is 1.59. The molecule has 0 aliphatic rings. The molecule has 0 saturated heterocycles. The molecule has 0 bridgehead atoms. The second kappa shape index (κ2) is 6.09. The van der Waals surface area contributed by atoms with Gasteiger partial charge in [-0.05, 0) is 30.3 Å². The molecule has 3 rings (SSSR count). The number of benzene rings is 2. The molecule has 0 aliphatic heterocycles. The number of thiazole rings is 1. The lowest BCUT2D eigenvalue weighted by Crippen LogP contribution is -1.83. The highest BCUT2D eigenvalue weighted by Crippen LogP contribution is 2.35. The highest BCUT2D eigenvalue weighted by atomic mass is 79.9. The Kier molecular flexibility index (Phi) is 4.16. The van der Waals surface area contributed by atoms with Crippen LogP contribution in [0, 0.1) is 11.3 Å². The molecule has 1 aromatic heterocycles. The first-order valence-corrected chi connectivity index (χ1v) is 8.23. The van der Waals surface area contributed by atoms with Gasteiger partial charge in [0.05, 0.1) is 20.8 Å². The van der Waals surface area contributed by atoms with Crippen molar-refractivity contribution in [2.24, 2.45) is 0 Å². The monoisotopic (exact) mass is 390 g/mol. The third kappa shape index (κ3) is 2.86. The minimum atomic E-state index is -0.0567. The normalized spacial score (nSPS) is 11.6. The van der Waals surface area contributed by atoms with Crippen molar-refractivity contribution in [3.63, 3.8) is 0 Å². The van der Waals surface area contributed by atoms with E-state index in [1.165, 1.54) is 11.3 Å². The lowest BCUT2D eigenvalue weighted by molar-refractivity contribution is 0.474. The van der Waals surface area contributed by atoms with E-state index in [1.54, 1.807) is 18.2 Å². The average molecular weight is 392 g/mol. The molecule has 0 saturated carbocycles. The van der Waals surface area contributed by atoms with E-state index in [9.17, 15) is 10.4 Å². The van der Waals surface area contributed by atoms with Gasteiger partial charge in [0.2, 0.25) is 0 Å². The van der Waals surface area contributed by atoms with Gasteiger partial charge in [-0.3, -0.25) is 0 Å². The summed E-state index contributed by atoms with van der Waals surface area (Å²) in [5, 5.41) is 20.3. The molecule has 0 radical (unpaired) electrons. The van der Waals surface area contributed by atoms with Crippen LogP contribution in [0.4, 0.5) is 0 Å². The maximum absolute atomic E-state index is 10.0. The number of allylic oxidation sites excluding steroid dienone is 1. The molecule has 0 spiro atoms. The SMILES string of the molecule is N#C/C(=C\c1cc(Br)cc(Cl)c1O)c1nc2ccccc2s1. The molecule has 2 aromatic carbocycles. The number of rotatable bonds is 2. The molecule has 3 nitrogen and oxygen atoms in total. The Morgan fingerprint density at radius 2 is 2.14 bits per heavy atom. The van der Waals surface area contributed by atoms with Gasteiger partial charge in [-0.15, -0.1) is 11.3 Å².